The van der Waals surface area contributed by atoms with E-state index in [9.17, 15) is 9.90 Å². The molecule has 0 heterocycles. The summed E-state index contributed by atoms with van der Waals surface area (Å²) in [5.74, 6) is -0.168. The number of halogens is 1. The summed E-state index contributed by atoms with van der Waals surface area (Å²) in [6.07, 6.45) is 2.97. The fraction of sp³-hybridized carbons (Fsp3) is 0.182. The summed E-state index contributed by atoms with van der Waals surface area (Å²) in [5.41, 5.74) is 0.795. The number of hydrogen-bond donors (Lipinski definition) is 1. The summed E-state index contributed by atoms with van der Waals surface area (Å²) < 4.78 is 5.46. The first kappa shape index (κ1) is 12.0. The number of phenols is 1. The van der Waals surface area contributed by atoms with Gasteiger partial charge in [0.1, 0.15) is 5.75 Å². The van der Waals surface area contributed by atoms with Crippen LogP contribution in [-0.2, 0) is 9.53 Å². The second kappa shape index (κ2) is 5.75. The number of aromatic hydroxyl groups is 1. The van der Waals surface area contributed by atoms with Gasteiger partial charge >= 0.3 is 5.97 Å². The monoisotopic (exact) mass is 318 g/mol. The molecule has 15 heavy (non-hydrogen) atoms. The molecule has 4 heteroatoms. The van der Waals surface area contributed by atoms with Crippen LogP contribution >= 0.6 is 22.6 Å². The predicted molar refractivity (Wildman–Crippen MR) is 66.5 cm³/mol. The molecule has 0 radical (unpaired) electrons. The average Bonchev–Trinajstić information content (AvgIpc) is 2.21. The van der Waals surface area contributed by atoms with Gasteiger partial charge in [0.25, 0.3) is 0 Å². The summed E-state index contributed by atoms with van der Waals surface area (Å²) in [4.78, 5) is 11.0. The minimum absolute atomic E-state index is 0.210. The van der Waals surface area contributed by atoms with Crippen molar-refractivity contribution < 1.29 is 14.6 Å². The summed E-state index contributed by atoms with van der Waals surface area (Å²) in [7, 11) is 0. The summed E-state index contributed by atoms with van der Waals surface area (Å²) in [5, 5.41) is 9.41. The lowest BCUT2D eigenvalue weighted by Crippen LogP contribution is -1.98. The number of esters is 1. The Morgan fingerprint density at radius 1 is 1.60 bits per heavy atom. The van der Waals surface area contributed by atoms with Gasteiger partial charge in [0.15, 0.2) is 0 Å². The Hall–Kier alpha value is -1.04. The van der Waals surface area contributed by atoms with Crippen LogP contribution in [0.4, 0.5) is 0 Å². The molecule has 0 spiro atoms. The van der Waals surface area contributed by atoms with E-state index in [1.54, 1.807) is 25.1 Å². The minimum atomic E-state index is -0.378. The van der Waals surface area contributed by atoms with Gasteiger partial charge in [-0.2, -0.15) is 0 Å². The predicted octanol–water partition coefficient (Wildman–Crippen LogP) is 2.57. The van der Waals surface area contributed by atoms with Gasteiger partial charge in [-0.05, 0) is 47.2 Å². The van der Waals surface area contributed by atoms with E-state index in [0.29, 0.717) is 6.61 Å². The topological polar surface area (TPSA) is 46.5 Å². The Bertz CT molecular complexity index is 385. The number of rotatable bonds is 3. The lowest BCUT2D eigenvalue weighted by atomic mass is 10.2. The van der Waals surface area contributed by atoms with E-state index in [0.717, 1.165) is 9.13 Å². The quantitative estimate of drug-likeness (QED) is 0.529. The van der Waals surface area contributed by atoms with E-state index < -0.39 is 0 Å². The van der Waals surface area contributed by atoms with E-state index in [4.69, 9.17) is 4.74 Å². The van der Waals surface area contributed by atoms with Crippen molar-refractivity contribution in [3.8, 4) is 5.75 Å². The lowest BCUT2D eigenvalue weighted by Gasteiger charge is -2.00. The number of carbonyl (C=O) groups excluding carboxylic acids is 1. The van der Waals surface area contributed by atoms with Crippen LogP contribution < -0.4 is 0 Å². The molecule has 0 aliphatic rings. The molecular formula is C11H11IO3. The van der Waals surface area contributed by atoms with Gasteiger partial charge in [-0.3, -0.25) is 0 Å². The molecule has 0 saturated heterocycles. The van der Waals surface area contributed by atoms with Crippen molar-refractivity contribution in [2.75, 3.05) is 6.61 Å². The molecule has 0 atom stereocenters. The van der Waals surface area contributed by atoms with E-state index in [2.05, 4.69) is 0 Å². The number of benzene rings is 1. The van der Waals surface area contributed by atoms with Crippen molar-refractivity contribution in [2.24, 2.45) is 0 Å². The highest BCUT2D eigenvalue weighted by Gasteiger charge is 2.01. The Balaban J connectivity index is 2.81. The fourth-order valence-electron chi connectivity index (χ4n) is 1.01. The zero-order valence-electron chi connectivity index (χ0n) is 8.24. The van der Waals surface area contributed by atoms with Crippen LogP contribution in [0.3, 0.4) is 0 Å². The summed E-state index contributed by atoms with van der Waals surface area (Å²) >= 11 is 2.02. The first-order valence-electron chi connectivity index (χ1n) is 4.47. The molecular weight excluding hydrogens is 307 g/mol. The summed E-state index contributed by atoms with van der Waals surface area (Å²) in [6.45, 7) is 2.12. The maximum Gasteiger partial charge on any atom is 0.330 e. The highest BCUT2D eigenvalue weighted by molar-refractivity contribution is 14.1. The molecule has 1 N–H and O–H groups in total. The zero-order valence-corrected chi connectivity index (χ0v) is 10.4. The van der Waals surface area contributed by atoms with Crippen molar-refractivity contribution in [1.29, 1.82) is 0 Å². The molecule has 0 aliphatic heterocycles. The van der Waals surface area contributed by atoms with Crippen molar-refractivity contribution >= 4 is 34.6 Å². The van der Waals surface area contributed by atoms with Crippen LogP contribution in [0.5, 0.6) is 5.75 Å². The van der Waals surface area contributed by atoms with Crippen LogP contribution in [0.15, 0.2) is 24.3 Å². The Morgan fingerprint density at radius 3 is 3.00 bits per heavy atom. The Morgan fingerprint density at radius 2 is 2.33 bits per heavy atom. The smallest absolute Gasteiger partial charge is 0.330 e. The lowest BCUT2D eigenvalue weighted by molar-refractivity contribution is -0.137. The molecule has 0 unspecified atom stereocenters. The number of hydrogen-bond acceptors (Lipinski definition) is 3. The molecule has 1 aromatic rings. The average molecular weight is 318 g/mol. The minimum Gasteiger partial charge on any atom is -0.507 e. The third-order valence-electron chi connectivity index (χ3n) is 1.69. The zero-order chi connectivity index (χ0) is 11.3. The van der Waals surface area contributed by atoms with Gasteiger partial charge in [-0.25, -0.2) is 4.79 Å². The Labute approximate surface area is 102 Å². The first-order valence-corrected chi connectivity index (χ1v) is 5.55. The molecule has 1 aromatic carbocycles. The van der Waals surface area contributed by atoms with Crippen LogP contribution in [-0.4, -0.2) is 17.7 Å². The molecule has 0 amide bonds. The third kappa shape index (κ3) is 3.54. The second-order valence-corrected chi connectivity index (χ2v) is 3.84. The van der Waals surface area contributed by atoms with Crippen LogP contribution in [0.1, 0.15) is 12.5 Å². The van der Waals surface area contributed by atoms with Crippen molar-refractivity contribution in [2.45, 2.75) is 6.92 Å². The van der Waals surface area contributed by atoms with Crippen LogP contribution in [0.2, 0.25) is 0 Å². The molecule has 0 aromatic heterocycles. The van der Waals surface area contributed by atoms with Crippen molar-refractivity contribution in [3.05, 3.63) is 33.4 Å². The largest absolute Gasteiger partial charge is 0.507 e. The maximum absolute atomic E-state index is 11.0. The van der Waals surface area contributed by atoms with Gasteiger partial charge in [-0.15, -0.1) is 0 Å². The van der Waals surface area contributed by atoms with Gasteiger partial charge in [-0.1, -0.05) is 12.1 Å². The first-order chi connectivity index (χ1) is 7.15. The number of ether oxygens (including phenoxy) is 1. The third-order valence-corrected chi connectivity index (χ3v) is 2.87. The van der Waals surface area contributed by atoms with Crippen molar-refractivity contribution in [1.82, 2.24) is 0 Å². The van der Waals surface area contributed by atoms with E-state index >= 15 is 0 Å². The van der Waals surface area contributed by atoms with Gasteiger partial charge < -0.3 is 9.84 Å². The molecule has 3 nitrogen and oxygen atoms in total. The number of carbonyl (C=O) groups is 1. The fourth-order valence-corrected chi connectivity index (χ4v) is 1.55. The molecule has 0 aliphatic carbocycles. The van der Waals surface area contributed by atoms with Gasteiger partial charge in [0.2, 0.25) is 0 Å². The van der Waals surface area contributed by atoms with E-state index in [1.165, 1.54) is 6.08 Å². The van der Waals surface area contributed by atoms with Crippen molar-refractivity contribution in [3.63, 3.8) is 0 Å². The summed E-state index contributed by atoms with van der Waals surface area (Å²) in [6, 6.07) is 5.14. The molecule has 1 rings (SSSR count). The molecule has 0 saturated carbocycles. The Kier molecular flexibility index (Phi) is 4.61. The highest BCUT2D eigenvalue weighted by Crippen LogP contribution is 2.23. The molecule has 0 fully saturated rings. The SMILES string of the molecule is CCOC(=O)/C=C/c1cccc(O)c1I. The van der Waals surface area contributed by atoms with Crippen LogP contribution in [0, 0.1) is 3.57 Å². The van der Waals surface area contributed by atoms with Gasteiger partial charge in [0.05, 0.1) is 10.2 Å². The highest BCUT2D eigenvalue weighted by atomic mass is 127. The maximum atomic E-state index is 11.0. The normalized spacial score (nSPS) is 10.5. The number of phenolic OH excluding ortho intramolecular Hbond substituents is 1. The standard InChI is InChI=1S/C11H11IO3/c1-2-15-10(14)7-6-8-4-3-5-9(13)11(8)12/h3-7,13H,2H2,1H3/b7-6+. The second-order valence-electron chi connectivity index (χ2n) is 2.77. The van der Waals surface area contributed by atoms with E-state index in [-0.39, 0.29) is 11.7 Å². The van der Waals surface area contributed by atoms with Crippen LogP contribution in [0.25, 0.3) is 6.08 Å². The molecule has 0 bridgehead atoms. The molecule has 80 valence electrons. The van der Waals surface area contributed by atoms with Gasteiger partial charge in [0, 0.05) is 6.08 Å². The van der Waals surface area contributed by atoms with E-state index in [1.807, 2.05) is 28.7 Å².